The summed E-state index contributed by atoms with van der Waals surface area (Å²) in [7, 11) is 6.70. The van der Waals surface area contributed by atoms with Crippen LogP contribution in [-0.4, -0.2) is 25.6 Å². The summed E-state index contributed by atoms with van der Waals surface area (Å²) in [5.41, 5.74) is 6.54. The van der Waals surface area contributed by atoms with E-state index >= 15 is 0 Å². The lowest BCUT2D eigenvalue weighted by Gasteiger charge is -2.24. The lowest BCUT2D eigenvalue weighted by atomic mass is 9.86. The van der Waals surface area contributed by atoms with E-state index in [1.807, 2.05) is 0 Å². The molecule has 0 aromatic heterocycles. The summed E-state index contributed by atoms with van der Waals surface area (Å²) < 4.78 is 0.928. The first-order chi connectivity index (χ1) is 15.0. The van der Waals surface area contributed by atoms with Gasteiger partial charge in [-0.15, -0.1) is 0 Å². The van der Waals surface area contributed by atoms with E-state index in [0.717, 1.165) is 11.0 Å². The minimum atomic E-state index is 0.928. The fraction of sp³-hybridized carbons (Fsp3) is 0.133. The van der Waals surface area contributed by atoms with Gasteiger partial charge in [0.2, 0.25) is 0 Å². The zero-order chi connectivity index (χ0) is 21.4. The molecule has 1 nitrogen and oxygen atoms in total. The molecule has 5 aromatic carbocycles. The molecule has 0 spiro atoms. The highest BCUT2D eigenvalue weighted by Crippen LogP contribution is 2.43. The van der Waals surface area contributed by atoms with Crippen molar-refractivity contribution in [2.45, 2.75) is 6.54 Å². The van der Waals surface area contributed by atoms with Crippen molar-refractivity contribution in [1.82, 2.24) is 0 Å². The van der Waals surface area contributed by atoms with Crippen LogP contribution < -0.4 is 0 Å². The molecule has 5 aromatic rings. The molecule has 0 aliphatic carbocycles. The second-order valence-corrected chi connectivity index (χ2v) is 9.35. The van der Waals surface area contributed by atoms with Crippen molar-refractivity contribution in [2.24, 2.45) is 0 Å². The first kappa shape index (κ1) is 19.5. The monoisotopic (exact) mass is 402 g/mol. The second-order valence-electron chi connectivity index (χ2n) is 9.35. The molecular formula is C30H28N+. The smallest absolute Gasteiger partial charge is 0.104 e. The predicted molar refractivity (Wildman–Crippen MR) is 134 cm³/mol. The third kappa shape index (κ3) is 3.73. The lowest BCUT2D eigenvalue weighted by Crippen LogP contribution is -2.33. The summed E-state index contributed by atoms with van der Waals surface area (Å²) in [6.45, 7) is 1.02. The highest BCUT2D eigenvalue weighted by molar-refractivity contribution is 6.21. The minimum absolute atomic E-state index is 0.928. The maximum Gasteiger partial charge on any atom is 0.104 e. The van der Waals surface area contributed by atoms with Gasteiger partial charge in [0.15, 0.2) is 0 Å². The van der Waals surface area contributed by atoms with Gasteiger partial charge in [-0.2, -0.15) is 0 Å². The van der Waals surface area contributed by atoms with E-state index in [4.69, 9.17) is 0 Å². The van der Waals surface area contributed by atoms with E-state index in [-0.39, 0.29) is 0 Å². The molecule has 0 radical (unpaired) electrons. The van der Waals surface area contributed by atoms with Crippen LogP contribution in [0.15, 0.2) is 103 Å². The van der Waals surface area contributed by atoms with Gasteiger partial charge in [0, 0.05) is 5.56 Å². The largest absolute Gasteiger partial charge is 0.327 e. The van der Waals surface area contributed by atoms with Crippen molar-refractivity contribution in [3.05, 3.63) is 109 Å². The number of benzene rings is 5. The Morgan fingerprint density at radius 2 is 0.839 bits per heavy atom. The molecule has 0 saturated carbocycles. The Labute approximate surface area is 184 Å². The van der Waals surface area contributed by atoms with Crippen LogP contribution in [0.1, 0.15) is 5.56 Å². The summed E-state index contributed by atoms with van der Waals surface area (Å²) in [5.74, 6) is 0. The van der Waals surface area contributed by atoms with Crippen molar-refractivity contribution in [3.8, 4) is 22.3 Å². The molecule has 1 heteroatoms. The topological polar surface area (TPSA) is 0 Å². The van der Waals surface area contributed by atoms with Gasteiger partial charge in [-0.3, -0.25) is 0 Å². The zero-order valence-electron chi connectivity index (χ0n) is 18.5. The van der Waals surface area contributed by atoms with E-state index < -0.39 is 0 Å². The van der Waals surface area contributed by atoms with Crippen LogP contribution in [0.4, 0.5) is 0 Å². The highest BCUT2D eigenvalue weighted by Gasteiger charge is 2.16. The molecular weight excluding hydrogens is 374 g/mol. The first-order valence-corrected chi connectivity index (χ1v) is 10.9. The molecule has 5 rings (SSSR count). The van der Waals surface area contributed by atoms with E-state index in [1.165, 1.54) is 49.4 Å². The Kier molecular flexibility index (Phi) is 4.84. The number of hydrogen-bond donors (Lipinski definition) is 0. The molecule has 0 atom stereocenters. The Bertz CT molecular complexity index is 1300. The number of fused-ring (bicyclic) bond motifs is 2. The van der Waals surface area contributed by atoms with Gasteiger partial charge < -0.3 is 4.48 Å². The van der Waals surface area contributed by atoms with Gasteiger partial charge >= 0.3 is 0 Å². The standard InChI is InChI=1S/C30H28N/c1-31(2,3)21-22-17-19-24(20-18-22)30-27-15-9-7-13-25(27)29(23-11-5-4-6-12-23)26-14-8-10-16-28(26)30/h4-20H,21H2,1-3H3/q+1. The lowest BCUT2D eigenvalue weighted by molar-refractivity contribution is -0.884. The maximum atomic E-state index is 2.29. The number of hydrogen-bond acceptors (Lipinski definition) is 0. The quantitative estimate of drug-likeness (QED) is 0.215. The van der Waals surface area contributed by atoms with Gasteiger partial charge in [-0.1, -0.05) is 103 Å². The van der Waals surface area contributed by atoms with E-state index in [2.05, 4.69) is 124 Å². The number of rotatable bonds is 4. The molecule has 0 unspecified atom stereocenters. The molecule has 0 bridgehead atoms. The van der Waals surface area contributed by atoms with Crippen LogP contribution in [0.2, 0.25) is 0 Å². The first-order valence-electron chi connectivity index (χ1n) is 10.9. The van der Waals surface area contributed by atoms with Crippen molar-refractivity contribution in [1.29, 1.82) is 0 Å². The average molecular weight is 403 g/mol. The van der Waals surface area contributed by atoms with Crippen molar-refractivity contribution in [2.75, 3.05) is 21.1 Å². The molecule has 31 heavy (non-hydrogen) atoms. The van der Waals surface area contributed by atoms with Crippen molar-refractivity contribution >= 4 is 21.5 Å². The Balaban J connectivity index is 1.80. The van der Waals surface area contributed by atoms with Crippen LogP contribution in [-0.2, 0) is 6.54 Å². The molecule has 0 aliphatic heterocycles. The molecule has 0 fully saturated rings. The van der Waals surface area contributed by atoms with E-state index in [9.17, 15) is 0 Å². The second kappa shape index (κ2) is 7.68. The molecule has 0 saturated heterocycles. The summed E-state index contributed by atoms with van der Waals surface area (Å²) in [6, 6.07) is 37.6. The summed E-state index contributed by atoms with van der Waals surface area (Å²) in [5, 5.41) is 5.22. The Morgan fingerprint density at radius 1 is 0.452 bits per heavy atom. The average Bonchev–Trinajstić information content (AvgIpc) is 2.77. The predicted octanol–water partition coefficient (Wildman–Crippen LogP) is 7.53. The molecule has 0 N–H and O–H groups in total. The van der Waals surface area contributed by atoms with E-state index in [1.54, 1.807) is 0 Å². The highest BCUT2D eigenvalue weighted by atomic mass is 15.3. The summed E-state index contributed by atoms with van der Waals surface area (Å²) >= 11 is 0. The summed E-state index contributed by atoms with van der Waals surface area (Å²) in [6.07, 6.45) is 0. The Morgan fingerprint density at radius 3 is 1.26 bits per heavy atom. The van der Waals surface area contributed by atoms with Crippen molar-refractivity contribution < 1.29 is 4.48 Å². The zero-order valence-corrected chi connectivity index (χ0v) is 18.5. The molecule has 0 heterocycles. The van der Waals surface area contributed by atoms with Gasteiger partial charge in [-0.25, -0.2) is 0 Å². The molecule has 0 amide bonds. The fourth-order valence-electron chi connectivity index (χ4n) is 4.68. The normalized spacial score (nSPS) is 11.8. The number of nitrogens with zero attached hydrogens (tertiary/aromatic N) is 1. The van der Waals surface area contributed by atoms with Gasteiger partial charge in [0.25, 0.3) is 0 Å². The van der Waals surface area contributed by atoms with Crippen molar-refractivity contribution in [3.63, 3.8) is 0 Å². The SMILES string of the molecule is C[N+](C)(C)Cc1ccc(-c2c3ccccc3c(-c3ccccc3)c3ccccc23)cc1. The van der Waals surface area contributed by atoms with Gasteiger partial charge in [0.05, 0.1) is 21.1 Å². The van der Waals surface area contributed by atoms with Gasteiger partial charge in [0.1, 0.15) is 6.54 Å². The molecule has 0 aliphatic rings. The van der Waals surface area contributed by atoms with Crippen LogP contribution in [0.3, 0.4) is 0 Å². The van der Waals surface area contributed by atoms with Crippen LogP contribution in [0, 0.1) is 0 Å². The maximum absolute atomic E-state index is 2.29. The van der Waals surface area contributed by atoms with E-state index in [0.29, 0.717) is 0 Å². The minimum Gasteiger partial charge on any atom is -0.327 e. The van der Waals surface area contributed by atoms with Crippen LogP contribution in [0.5, 0.6) is 0 Å². The summed E-state index contributed by atoms with van der Waals surface area (Å²) in [4.78, 5) is 0. The fourth-order valence-corrected chi connectivity index (χ4v) is 4.68. The molecule has 152 valence electrons. The van der Waals surface area contributed by atoms with Gasteiger partial charge in [-0.05, 0) is 43.8 Å². The van der Waals surface area contributed by atoms with Crippen LogP contribution >= 0.6 is 0 Å². The third-order valence-corrected chi connectivity index (χ3v) is 5.89. The van der Waals surface area contributed by atoms with Crippen LogP contribution in [0.25, 0.3) is 43.8 Å². The third-order valence-electron chi connectivity index (χ3n) is 5.89. The number of quaternary nitrogens is 1. The Hall–Kier alpha value is -3.42.